The first-order chi connectivity index (χ1) is 27.0. The third kappa shape index (κ3) is 7.75. The molecule has 306 valence electrons. The monoisotopic (exact) mass is 812 g/mol. The molecule has 2 aromatic carbocycles. The molecule has 2 aliphatic carbocycles. The Morgan fingerprint density at radius 1 is 1.02 bits per heavy atom. The molecule has 1 saturated carbocycles. The molecule has 1 amide bonds. The van der Waals surface area contributed by atoms with Crippen molar-refractivity contribution in [2.24, 2.45) is 23.7 Å². The summed E-state index contributed by atoms with van der Waals surface area (Å²) in [6.45, 7) is 11.5. The van der Waals surface area contributed by atoms with Gasteiger partial charge in [-0.15, -0.1) is 0 Å². The van der Waals surface area contributed by atoms with Crippen LogP contribution >= 0.6 is 11.6 Å². The van der Waals surface area contributed by atoms with Crippen molar-refractivity contribution in [3.8, 4) is 5.75 Å². The van der Waals surface area contributed by atoms with Crippen molar-refractivity contribution < 1.29 is 31.8 Å². The van der Waals surface area contributed by atoms with E-state index in [1.807, 2.05) is 20.1 Å². The zero-order valence-corrected chi connectivity index (χ0v) is 34.7. The molecule has 9 rings (SSSR count). The van der Waals surface area contributed by atoms with E-state index in [4.69, 9.17) is 25.8 Å². The second-order valence-corrected chi connectivity index (χ2v) is 19.6. The molecule has 3 fully saturated rings. The Kier molecular flexibility index (Phi) is 11.8. The van der Waals surface area contributed by atoms with Crippen LogP contribution in [0.3, 0.4) is 0 Å². The summed E-state index contributed by atoms with van der Waals surface area (Å²) in [4.78, 5) is 21.2. The molecule has 13 heteroatoms. The van der Waals surface area contributed by atoms with Crippen molar-refractivity contribution in [1.29, 1.82) is 0 Å². The second-order valence-electron chi connectivity index (χ2n) is 17.2. The van der Waals surface area contributed by atoms with Crippen LogP contribution in [-0.2, 0) is 32.5 Å². The van der Waals surface area contributed by atoms with Gasteiger partial charge in [0.2, 0.25) is 10.0 Å². The van der Waals surface area contributed by atoms with Gasteiger partial charge in [0.15, 0.2) is 0 Å². The third-order valence-electron chi connectivity index (χ3n) is 14.3. The number of fused-ring (bicyclic) bond motifs is 5. The van der Waals surface area contributed by atoms with E-state index in [2.05, 4.69) is 25.5 Å². The quantitative estimate of drug-likeness (QED) is 0.350. The second kappa shape index (κ2) is 16.5. The number of ether oxygens (including phenoxy) is 3. The number of halogens is 2. The predicted octanol–water partition coefficient (Wildman–Crippen LogP) is 6.45. The number of benzene rings is 2. The summed E-state index contributed by atoms with van der Waals surface area (Å²) < 4.78 is 64.7. The topological polar surface area (TPSA) is 101 Å². The molecule has 10 nitrogen and oxygen atoms in total. The Hall–Kier alpha value is -2.74. The van der Waals surface area contributed by atoms with Gasteiger partial charge in [-0.25, -0.2) is 17.5 Å². The zero-order chi connectivity index (χ0) is 39.2. The summed E-state index contributed by atoms with van der Waals surface area (Å²) in [5.74, 6) is -0.169. The van der Waals surface area contributed by atoms with E-state index < -0.39 is 26.8 Å². The molecular weight excluding hydrogens is 755 g/mol. The van der Waals surface area contributed by atoms with Gasteiger partial charge in [0.1, 0.15) is 17.2 Å². The fourth-order valence-corrected chi connectivity index (χ4v) is 11.8. The average molecular weight is 813 g/mol. The van der Waals surface area contributed by atoms with Gasteiger partial charge >= 0.3 is 0 Å². The molecule has 0 spiro atoms. The summed E-state index contributed by atoms with van der Waals surface area (Å²) in [5, 5.41) is -0.691. The molecule has 6 atom stereocenters. The molecular formula is C43H58ClFN4O6S. The van der Waals surface area contributed by atoms with Crippen molar-refractivity contribution in [3.05, 3.63) is 69.5 Å². The van der Waals surface area contributed by atoms with Gasteiger partial charge in [-0.1, -0.05) is 30.7 Å². The smallest absolute Gasteiger partial charge is 0.264 e. The van der Waals surface area contributed by atoms with Crippen molar-refractivity contribution in [1.82, 2.24) is 14.5 Å². The molecule has 2 saturated heterocycles. The average Bonchev–Trinajstić information content (AvgIpc) is 3.20. The summed E-state index contributed by atoms with van der Waals surface area (Å²) in [6, 6.07) is 9.29. The Balaban J connectivity index is 1.18. The Morgan fingerprint density at radius 3 is 2.50 bits per heavy atom. The Morgan fingerprint density at radius 2 is 1.79 bits per heavy atom. The number of sulfonamides is 1. The summed E-state index contributed by atoms with van der Waals surface area (Å²) >= 11 is 6.34. The normalized spacial score (nSPS) is 31.9. The number of hydrogen-bond acceptors (Lipinski definition) is 9. The van der Waals surface area contributed by atoms with E-state index in [0.29, 0.717) is 55.6 Å². The summed E-state index contributed by atoms with van der Waals surface area (Å²) in [7, 11) is -2.16. The van der Waals surface area contributed by atoms with Crippen molar-refractivity contribution in [3.63, 3.8) is 0 Å². The number of carbonyl (C=O) groups is 1. The van der Waals surface area contributed by atoms with Gasteiger partial charge < -0.3 is 19.1 Å². The lowest BCUT2D eigenvalue weighted by Gasteiger charge is -2.56. The number of nitrogens with zero attached hydrogens (tertiary/aromatic N) is 3. The van der Waals surface area contributed by atoms with Crippen LogP contribution in [-0.4, -0.2) is 107 Å². The van der Waals surface area contributed by atoms with Gasteiger partial charge in [-0.2, -0.15) is 0 Å². The van der Waals surface area contributed by atoms with E-state index in [0.717, 1.165) is 90.0 Å². The van der Waals surface area contributed by atoms with Gasteiger partial charge in [-0.3, -0.25) is 14.6 Å². The molecule has 0 aromatic heterocycles. The molecule has 2 aromatic rings. The SMILES string of the molecule is CO[C@@]1(CN2CCN(C3CCOCC3)CC2)C2=C[C@@H](C2)[C@H](C)[C@@H](C)S(=O)(=O)NC(=O)c2ccc3c(c2)N(Cc2ccc(Cl)c(F)c2CCCCO3)C[C@@H]2CC[C@H]21. The molecule has 4 bridgehead atoms. The van der Waals surface area contributed by atoms with E-state index in [-0.39, 0.29) is 40.1 Å². The fraction of sp³-hybridized carbons (Fsp3) is 0.651. The van der Waals surface area contributed by atoms with Gasteiger partial charge in [0, 0.05) is 77.7 Å². The zero-order valence-electron chi connectivity index (χ0n) is 33.1. The van der Waals surface area contributed by atoms with Crippen LogP contribution in [0.2, 0.25) is 5.02 Å². The number of allylic oxidation sites excluding steroid dienone is 1. The van der Waals surface area contributed by atoms with E-state index >= 15 is 4.39 Å². The van der Waals surface area contributed by atoms with Crippen LogP contribution in [0.5, 0.6) is 5.75 Å². The Bertz CT molecular complexity index is 1920. The van der Waals surface area contributed by atoms with E-state index in [1.54, 1.807) is 31.2 Å². The molecule has 0 unspecified atom stereocenters. The lowest BCUT2D eigenvalue weighted by Crippen LogP contribution is -2.62. The minimum atomic E-state index is -4.02. The molecule has 56 heavy (non-hydrogen) atoms. The van der Waals surface area contributed by atoms with E-state index in [9.17, 15) is 13.2 Å². The summed E-state index contributed by atoms with van der Waals surface area (Å²) in [6.07, 6.45) is 9.20. The number of nitrogens with one attached hydrogen (secondary N) is 1. The minimum Gasteiger partial charge on any atom is -0.491 e. The number of methoxy groups -OCH3 is 1. The van der Waals surface area contributed by atoms with Crippen LogP contribution in [0.15, 0.2) is 42.0 Å². The largest absolute Gasteiger partial charge is 0.491 e. The van der Waals surface area contributed by atoms with Crippen LogP contribution in [0, 0.1) is 29.5 Å². The first kappa shape index (κ1) is 40.1. The number of amides is 1. The number of carbonyl (C=O) groups excluding carboxylic acids is 1. The molecule has 0 radical (unpaired) electrons. The lowest BCUT2D eigenvalue weighted by molar-refractivity contribution is -0.110. The number of anilines is 1. The van der Waals surface area contributed by atoms with Crippen molar-refractivity contribution in [2.45, 2.75) is 88.7 Å². The van der Waals surface area contributed by atoms with Gasteiger partial charge in [0.05, 0.1) is 22.6 Å². The van der Waals surface area contributed by atoms with Crippen LogP contribution in [0.1, 0.15) is 80.3 Å². The number of piperazine rings is 1. The highest BCUT2D eigenvalue weighted by Gasteiger charge is 2.54. The van der Waals surface area contributed by atoms with Gasteiger partial charge in [-0.05, 0) is 123 Å². The molecule has 5 heterocycles. The maximum atomic E-state index is 15.7. The lowest BCUT2D eigenvalue weighted by atomic mass is 9.58. The van der Waals surface area contributed by atoms with Gasteiger partial charge in [0.25, 0.3) is 5.91 Å². The minimum absolute atomic E-state index is 0.0465. The van der Waals surface area contributed by atoms with Crippen molar-refractivity contribution >= 4 is 33.2 Å². The maximum absolute atomic E-state index is 15.7. The maximum Gasteiger partial charge on any atom is 0.264 e. The first-order valence-electron chi connectivity index (χ1n) is 20.8. The summed E-state index contributed by atoms with van der Waals surface area (Å²) in [5.41, 5.74) is 3.08. The molecule has 1 N–H and O–H groups in total. The third-order valence-corrected chi connectivity index (χ3v) is 16.4. The van der Waals surface area contributed by atoms with Crippen LogP contribution in [0.25, 0.3) is 0 Å². The highest BCUT2D eigenvalue weighted by Crippen LogP contribution is 2.53. The number of hydrogen-bond donors (Lipinski definition) is 1. The van der Waals surface area contributed by atoms with Crippen LogP contribution < -0.4 is 14.4 Å². The van der Waals surface area contributed by atoms with Crippen molar-refractivity contribution in [2.75, 3.05) is 71.1 Å². The van der Waals surface area contributed by atoms with E-state index in [1.165, 1.54) is 5.57 Å². The Labute approximate surface area is 337 Å². The predicted molar refractivity (Wildman–Crippen MR) is 216 cm³/mol. The highest BCUT2D eigenvalue weighted by molar-refractivity contribution is 7.90. The number of rotatable bonds is 4. The highest BCUT2D eigenvalue weighted by atomic mass is 35.5. The molecule has 7 aliphatic rings. The van der Waals surface area contributed by atoms with Crippen LogP contribution in [0.4, 0.5) is 10.1 Å². The first-order valence-corrected chi connectivity index (χ1v) is 22.7. The standard InChI is InChI=1S/C43H58ClFN4O6S/c1-28-29(2)56(51,52)46-42(50)30-9-12-40-39(24-30)49(25-31-8-11-38(44)41(45)36(31)6-4-5-19-55-40)26-32-7-10-37(32)43(53-3,34-22-33(28)23-34)27-47-15-17-48(18-16-47)35-13-20-54-21-14-35/h8-9,11-12,22,24,28-29,32-33,35,37H,4-7,10,13-21,23,25-27H2,1-3H3,(H,46,50)/t28-,29-,32+,33+,37-,43+/m1/s1. The molecule has 5 aliphatic heterocycles. The fourth-order valence-electron chi connectivity index (χ4n) is 10.3.